The van der Waals surface area contributed by atoms with Crippen molar-refractivity contribution in [3.8, 4) is 0 Å². The third kappa shape index (κ3) is 2.43. The molecule has 1 aliphatic heterocycles. The zero-order chi connectivity index (χ0) is 14.0. The van der Waals surface area contributed by atoms with Gasteiger partial charge < -0.3 is 10.0 Å². The lowest BCUT2D eigenvalue weighted by atomic mass is 9.88. The molecule has 102 valence electrons. The fourth-order valence-electron chi connectivity index (χ4n) is 2.31. The number of carboxylic acids is 1. The maximum Gasteiger partial charge on any atom is 0.329 e. The van der Waals surface area contributed by atoms with Crippen molar-refractivity contribution in [2.75, 3.05) is 6.54 Å². The van der Waals surface area contributed by atoms with Gasteiger partial charge in [0.15, 0.2) is 0 Å². The number of aliphatic carboxylic acids is 1. The van der Waals surface area contributed by atoms with E-state index in [2.05, 4.69) is 4.98 Å². The lowest BCUT2D eigenvalue weighted by molar-refractivity contribution is -0.150. The summed E-state index contributed by atoms with van der Waals surface area (Å²) in [7, 11) is 0. The Morgan fingerprint density at radius 2 is 2.16 bits per heavy atom. The molecule has 19 heavy (non-hydrogen) atoms. The van der Waals surface area contributed by atoms with Crippen LogP contribution in [-0.4, -0.2) is 39.0 Å². The van der Waals surface area contributed by atoms with E-state index in [9.17, 15) is 19.1 Å². The lowest BCUT2D eigenvalue weighted by Gasteiger charge is -2.41. The van der Waals surface area contributed by atoms with Crippen molar-refractivity contribution in [2.45, 2.75) is 31.7 Å². The van der Waals surface area contributed by atoms with E-state index in [0.29, 0.717) is 13.0 Å². The number of halogens is 1. The molecule has 1 atom stereocenters. The predicted molar refractivity (Wildman–Crippen MR) is 65.1 cm³/mol. The summed E-state index contributed by atoms with van der Waals surface area (Å²) in [5, 5.41) is 9.33. The zero-order valence-corrected chi connectivity index (χ0v) is 10.6. The molecule has 1 aromatic heterocycles. The van der Waals surface area contributed by atoms with Crippen molar-refractivity contribution < 1.29 is 19.1 Å². The second kappa shape index (κ2) is 4.95. The number of likely N-dealkylation sites (tertiary alicyclic amines) is 1. The molecule has 1 aliphatic rings. The lowest BCUT2D eigenvalue weighted by Crippen LogP contribution is -2.57. The molecular weight excluding hydrogens is 251 g/mol. The van der Waals surface area contributed by atoms with E-state index >= 15 is 0 Å². The monoisotopic (exact) mass is 266 g/mol. The van der Waals surface area contributed by atoms with Crippen LogP contribution < -0.4 is 0 Å². The number of rotatable bonds is 2. The van der Waals surface area contributed by atoms with E-state index in [-0.39, 0.29) is 5.69 Å². The summed E-state index contributed by atoms with van der Waals surface area (Å²) in [6.07, 6.45) is 2.89. The summed E-state index contributed by atoms with van der Waals surface area (Å²) in [5.74, 6) is -2.02. The molecule has 0 saturated carbocycles. The number of amides is 1. The summed E-state index contributed by atoms with van der Waals surface area (Å²) < 4.78 is 12.8. The fraction of sp³-hybridized carbons (Fsp3) is 0.462. The molecule has 0 bridgehead atoms. The van der Waals surface area contributed by atoms with Crippen molar-refractivity contribution in [1.29, 1.82) is 0 Å². The summed E-state index contributed by atoms with van der Waals surface area (Å²) >= 11 is 0. The van der Waals surface area contributed by atoms with Gasteiger partial charge in [0.1, 0.15) is 17.1 Å². The van der Waals surface area contributed by atoms with Crippen molar-refractivity contribution in [2.24, 2.45) is 0 Å². The van der Waals surface area contributed by atoms with Crippen molar-refractivity contribution in [1.82, 2.24) is 9.88 Å². The summed E-state index contributed by atoms with van der Waals surface area (Å²) in [4.78, 5) is 28.7. The van der Waals surface area contributed by atoms with Crippen LogP contribution in [0.2, 0.25) is 0 Å². The zero-order valence-electron chi connectivity index (χ0n) is 10.6. The topological polar surface area (TPSA) is 70.5 Å². The van der Waals surface area contributed by atoms with Crippen LogP contribution in [0.15, 0.2) is 18.3 Å². The van der Waals surface area contributed by atoms with Gasteiger partial charge in [0.25, 0.3) is 5.91 Å². The summed E-state index contributed by atoms with van der Waals surface area (Å²) in [6.45, 7) is 1.91. The number of hydrogen-bond donors (Lipinski definition) is 1. The normalized spacial score (nSPS) is 23.2. The maximum absolute atomic E-state index is 12.8. The number of carbonyl (C=O) groups is 2. The molecule has 2 rings (SSSR count). The van der Waals surface area contributed by atoms with Gasteiger partial charge >= 0.3 is 5.97 Å². The number of piperidine rings is 1. The smallest absolute Gasteiger partial charge is 0.329 e. The van der Waals surface area contributed by atoms with E-state index < -0.39 is 23.2 Å². The average molecular weight is 266 g/mol. The molecule has 1 saturated heterocycles. The number of hydrogen-bond acceptors (Lipinski definition) is 3. The molecule has 1 unspecified atom stereocenters. The van der Waals surface area contributed by atoms with Gasteiger partial charge in [0.2, 0.25) is 0 Å². The van der Waals surface area contributed by atoms with Crippen LogP contribution >= 0.6 is 0 Å². The minimum absolute atomic E-state index is 0.0655. The van der Waals surface area contributed by atoms with Crippen molar-refractivity contribution in [3.05, 3.63) is 29.8 Å². The first-order valence-corrected chi connectivity index (χ1v) is 6.12. The number of pyridine rings is 1. The van der Waals surface area contributed by atoms with Crippen LogP contribution in [0, 0.1) is 5.82 Å². The van der Waals surface area contributed by atoms with Gasteiger partial charge in [-0.1, -0.05) is 0 Å². The van der Waals surface area contributed by atoms with Gasteiger partial charge in [0.05, 0.1) is 6.20 Å². The first kappa shape index (κ1) is 13.5. The van der Waals surface area contributed by atoms with Gasteiger partial charge in [-0.2, -0.15) is 0 Å². The van der Waals surface area contributed by atoms with Gasteiger partial charge in [0, 0.05) is 6.54 Å². The molecule has 6 heteroatoms. The van der Waals surface area contributed by atoms with Crippen LogP contribution in [0.25, 0.3) is 0 Å². The molecule has 1 fully saturated rings. The highest BCUT2D eigenvalue weighted by Gasteiger charge is 2.44. The van der Waals surface area contributed by atoms with E-state index in [1.54, 1.807) is 0 Å². The summed E-state index contributed by atoms with van der Waals surface area (Å²) in [5.41, 5.74) is -1.15. The third-order valence-electron chi connectivity index (χ3n) is 3.54. The standard InChI is InChI=1S/C13H15FN2O3/c1-13(12(18)19)6-2-3-7-16(13)11(17)10-5-4-9(14)8-15-10/h4-5,8H,2-3,6-7H2,1H3,(H,18,19). The van der Waals surface area contributed by atoms with E-state index in [1.165, 1.54) is 17.9 Å². The number of aromatic nitrogens is 1. The highest BCUT2D eigenvalue weighted by atomic mass is 19.1. The van der Waals surface area contributed by atoms with E-state index in [0.717, 1.165) is 25.1 Å². The van der Waals surface area contributed by atoms with Crippen LogP contribution in [0.5, 0.6) is 0 Å². The quantitative estimate of drug-likeness (QED) is 0.884. The number of carbonyl (C=O) groups excluding carboxylic acids is 1. The molecule has 1 N–H and O–H groups in total. The first-order chi connectivity index (χ1) is 8.95. The Bertz CT molecular complexity index is 503. The second-order valence-electron chi connectivity index (χ2n) is 4.85. The van der Waals surface area contributed by atoms with Crippen molar-refractivity contribution in [3.63, 3.8) is 0 Å². The Labute approximate surface area is 110 Å². The largest absolute Gasteiger partial charge is 0.480 e. The molecular formula is C13H15FN2O3. The number of nitrogens with zero attached hydrogens (tertiary/aromatic N) is 2. The van der Waals surface area contributed by atoms with E-state index in [4.69, 9.17) is 0 Å². The Kier molecular flexibility index (Phi) is 3.50. The minimum Gasteiger partial charge on any atom is -0.480 e. The highest BCUT2D eigenvalue weighted by molar-refractivity contribution is 5.96. The molecule has 0 aromatic carbocycles. The maximum atomic E-state index is 12.8. The Balaban J connectivity index is 2.30. The molecule has 0 aliphatic carbocycles. The van der Waals surface area contributed by atoms with E-state index in [1.807, 2.05) is 0 Å². The average Bonchev–Trinajstić information content (AvgIpc) is 2.39. The third-order valence-corrected chi connectivity index (χ3v) is 3.54. The summed E-state index contributed by atoms with van der Waals surface area (Å²) in [6, 6.07) is 2.41. The first-order valence-electron chi connectivity index (χ1n) is 6.12. The Hall–Kier alpha value is -1.98. The SMILES string of the molecule is CC1(C(=O)O)CCCCN1C(=O)c1ccc(F)cn1. The van der Waals surface area contributed by atoms with Gasteiger partial charge in [-0.05, 0) is 38.3 Å². The second-order valence-corrected chi connectivity index (χ2v) is 4.85. The van der Waals surface area contributed by atoms with Gasteiger partial charge in [-0.3, -0.25) is 4.79 Å². The molecule has 1 aromatic rings. The molecule has 0 spiro atoms. The fourth-order valence-corrected chi connectivity index (χ4v) is 2.31. The highest BCUT2D eigenvalue weighted by Crippen LogP contribution is 2.29. The minimum atomic E-state index is -1.22. The number of carboxylic acid groups (broad SMARTS) is 1. The molecule has 0 radical (unpaired) electrons. The molecule has 2 heterocycles. The van der Waals surface area contributed by atoms with Crippen LogP contribution in [0.1, 0.15) is 36.7 Å². The van der Waals surface area contributed by atoms with Crippen LogP contribution in [0.4, 0.5) is 4.39 Å². The van der Waals surface area contributed by atoms with Crippen LogP contribution in [0.3, 0.4) is 0 Å². The van der Waals surface area contributed by atoms with Crippen LogP contribution in [-0.2, 0) is 4.79 Å². The molecule has 5 nitrogen and oxygen atoms in total. The Morgan fingerprint density at radius 1 is 1.42 bits per heavy atom. The van der Waals surface area contributed by atoms with Gasteiger partial charge in [-0.25, -0.2) is 14.2 Å². The molecule has 1 amide bonds. The van der Waals surface area contributed by atoms with Gasteiger partial charge in [-0.15, -0.1) is 0 Å². The Morgan fingerprint density at radius 3 is 2.74 bits per heavy atom. The van der Waals surface area contributed by atoms with Crippen molar-refractivity contribution >= 4 is 11.9 Å². The predicted octanol–water partition coefficient (Wildman–Crippen LogP) is 1.69.